The molecule has 0 amide bonds. The van der Waals surface area contributed by atoms with Crippen molar-refractivity contribution in [2.75, 3.05) is 0 Å². The molecule has 0 fully saturated rings. The van der Waals surface area contributed by atoms with Gasteiger partial charge in [-0.05, 0) is 47.5 Å². The molecule has 34 heavy (non-hydrogen) atoms. The number of rotatable bonds is 7. The maximum Gasteiger partial charge on any atom is 0.363 e. The van der Waals surface area contributed by atoms with Crippen LogP contribution in [0.25, 0.3) is 6.08 Å². The van der Waals surface area contributed by atoms with E-state index in [0.717, 1.165) is 11.6 Å². The van der Waals surface area contributed by atoms with Gasteiger partial charge in [-0.1, -0.05) is 23.7 Å². The number of ether oxygens (including phenoxy) is 2. The summed E-state index contributed by atoms with van der Waals surface area (Å²) < 4.78 is 10.9. The van der Waals surface area contributed by atoms with Gasteiger partial charge < -0.3 is 9.47 Å². The number of hydrogen-bond acceptors (Lipinski definition) is 8. The Morgan fingerprint density at radius 1 is 0.941 bits per heavy atom. The largest absolute Gasteiger partial charge is 0.489 e. The van der Waals surface area contributed by atoms with Crippen LogP contribution in [0.5, 0.6) is 5.75 Å². The molecule has 0 unspecified atom stereocenters. The van der Waals surface area contributed by atoms with Crippen LogP contribution in [0.4, 0.5) is 11.4 Å². The molecule has 0 aliphatic carbocycles. The van der Waals surface area contributed by atoms with Crippen LogP contribution in [-0.4, -0.2) is 21.7 Å². The van der Waals surface area contributed by atoms with Crippen molar-refractivity contribution in [2.24, 2.45) is 4.99 Å². The summed E-state index contributed by atoms with van der Waals surface area (Å²) in [5.41, 5.74) is 1.56. The van der Waals surface area contributed by atoms with Gasteiger partial charge in [-0.15, -0.1) is 0 Å². The Kier molecular flexibility index (Phi) is 6.33. The minimum absolute atomic E-state index is 0.00763. The highest BCUT2D eigenvalue weighted by molar-refractivity contribution is 6.34. The molecule has 3 aromatic carbocycles. The lowest BCUT2D eigenvalue weighted by Gasteiger charge is -2.06. The van der Waals surface area contributed by atoms with Crippen LogP contribution < -0.4 is 4.74 Å². The standard InChI is InChI=1S/C23H14ClN3O7/c24-20-12-17(27(31)32)7-10-19(20)22-25-21(23(28)34-22)11-14-3-8-18(9-4-14)33-13-15-1-5-16(6-2-15)26(29)30/h1-12H,13H2/b21-11-. The number of cyclic esters (lactones) is 1. The number of nitro groups is 2. The van der Waals surface area contributed by atoms with Crippen LogP contribution in [-0.2, 0) is 16.1 Å². The maximum atomic E-state index is 12.2. The zero-order valence-corrected chi connectivity index (χ0v) is 18.0. The molecule has 3 aromatic rings. The first-order valence-electron chi connectivity index (χ1n) is 9.73. The SMILES string of the molecule is O=C1OC(c2ccc([N+](=O)[O-])cc2Cl)=N/C1=C\c1ccc(OCc2ccc([N+](=O)[O-])cc2)cc1. The second kappa shape index (κ2) is 9.51. The number of halogens is 1. The average molecular weight is 480 g/mol. The lowest BCUT2D eigenvalue weighted by molar-refractivity contribution is -0.385. The molecule has 0 saturated heterocycles. The van der Waals surface area contributed by atoms with Crippen molar-refractivity contribution in [2.45, 2.75) is 6.61 Å². The monoisotopic (exact) mass is 479 g/mol. The Morgan fingerprint density at radius 2 is 1.59 bits per heavy atom. The molecule has 0 atom stereocenters. The number of aliphatic imine (C=N–C) groups is 1. The van der Waals surface area contributed by atoms with Crippen LogP contribution in [0.1, 0.15) is 16.7 Å². The molecule has 0 bridgehead atoms. The van der Waals surface area contributed by atoms with Gasteiger partial charge in [-0.2, -0.15) is 0 Å². The molecular formula is C23H14ClN3O7. The Labute approximate surface area is 197 Å². The molecule has 0 N–H and O–H groups in total. The van der Waals surface area contributed by atoms with Gasteiger partial charge in [0.25, 0.3) is 11.4 Å². The van der Waals surface area contributed by atoms with E-state index in [1.54, 1.807) is 36.4 Å². The van der Waals surface area contributed by atoms with E-state index in [1.165, 1.54) is 30.3 Å². The van der Waals surface area contributed by atoms with Gasteiger partial charge in [0.1, 0.15) is 12.4 Å². The van der Waals surface area contributed by atoms with Crippen molar-refractivity contribution in [1.82, 2.24) is 0 Å². The van der Waals surface area contributed by atoms with Gasteiger partial charge in [0.2, 0.25) is 5.90 Å². The summed E-state index contributed by atoms with van der Waals surface area (Å²) in [6.07, 6.45) is 1.52. The summed E-state index contributed by atoms with van der Waals surface area (Å²) in [6, 6.07) is 16.7. The molecule has 0 saturated carbocycles. The minimum Gasteiger partial charge on any atom is -0.489 e. The third-order valence-electron chi connectivity index (χ3n) is 4.75. The number of carbonyl (C=O) groups excluding carboxylic acids is 1. The Balaban J connectivity index is 1.44. The summed E-state index contributed by atoms with van der Waals surface area (Å²) in [4.78, 5) is 36.9. The van der Waals surface area contributed by atoms with Crippen molar-refractivity contribution in [3.8, 4) is 5.75 Å². The highest BCUT2D eigenvalue weighted by Crippen LogP contribution is 2.27. The number of esters is 1. The molecule has 0 aromatic heterocycles. The molecule has 1 aliphatic rings. The summed E-state index contributed by atoms with van der Waals surface area (Å²) in [7, 11) is 0. The first kappa shape index (κ1) is 22.6. The topological polar surface area (TPSA) is 134 Å². The van der Waals surface area contributed by atoms with Crippen molar-refractivity contribution < 1.29 is 24.1 Å². The van der Waals surface area contributed by atoms with Crippen LogP contribution in [0, 0.1) is 20.2 Å². The average Bonchev–Trinajstić information content (AvgIpc) is 3.18. The molecule has 0 radical (unpaired) electrons. The number of nitro benzene ring substituents is 2. The maximum absolute atomic E-state index is 12.2. The highest BCUT2D eigenvalue weighted by atomic mass is 35.5. The fraction of sp³-hybridized carbons (Fsp3) is 0.0435. The van der Waals surface area contributed by atoms with Crippen molar-refractivity contribution in [1.29, 1.82) is 0 Å². The second-order valence-electron chi connectivity index (χ2n) is 7.04. The van der Waals surface area contributed by atoms with E-state index in [2.05, 4.69) is 4.99 Å². The number of non-ortho nitro benzene ring substituents is 2. The van der Waals surface area contributed by atoms with Crippen molar-refractivity contribution >= 4 is 40.9 Å². The van der Waals surface area contributed by atoms with Crippen LogP contribution in [0.2, 0.25) is 5.02 Å². The lowest BCUT2D eigenvalue weighted by atomic mass is 10.2. The normalized spacial score (nSPS) is 14.0. The van der Waals surface area contributed by atoms with Gasteiger partial charge in [-0.25, -0.2) is 9.79 Å². The number of carbonyl (C=O) groups is 1. The fourth-order valence-electron chi connectivity index (χ4n) is 3.01. The van der Waals surface area contributed by atoms with Crippen LogP contribution in [0.15, 0.2) is 77.4 Å². The zero-order valence-electron chi connectivity index (χ0n) is 17.2. The first-order chi connectivity index (χ1) is 16.3. The van der Waals surface area contributed by atoms with Gasteiger partial charge in [0, 0.05) is 24.3 Å². The minimum atomic E-state index is -0.678. The van der Waals surface area contributed by atoms with Crippen LogP contribution >= 0.6 is 11.6 Å². The van der Waals surface area contributed by atoms with E-state index < -0.39 is 15.8 Å². The second-order valence-corrected chi connectivity index (χ2v) is 7.45. The Bertz CT molecular complexity index is 1350. The van der Waals surface area contributed by atoms with Crippen molar-refractivity contribution in [3.63, 3.8) is 0 Å². The van der Waals surface area contributed by atoms with E-state index in [1.807, 2.05) is 0 Å². The summed E-state index contributed by atoms with van der Waals surface area (Å²) in [6.45, 7) is 0.231. The number of nitrogens with zero attached hydrogens (tertiary/aromatic N) is 3. The fourth-order valence-corrected chi connectivity index (χ4v) is 3.27. The van der Waals surface area contributed by atoms with Gasteiger partial charge in [0.05, 0.1) is 20.4 Å². The molecular weight excluding hydrogens is 466 g/mol. The zero-order chi connectivity index (χ0) is 24.2. The Morgan fingerprint density at radius 3 is 2.21 bits per heavy atom. The van der Waals surface area contributed by atoms with E-state index in [4.69, 9.17) is 21.1 Å². The van der Waals surface area contributed by atoms with Gasteiger partial charge >= 0.3 is 5.97 Å². The quantitative estimate of drug-likeness (QED) is 0.199. The summed E-state index contributed by atoms with van der Waals surface area (Å²) >= 11 is 6.08. The smallest absolute Gasteiger partial charge is 0.363 e. The third kappa shape index (κ3) is 5.08. The predicted molar refractivity (Wildman–Crippen MR) is 123 cm³/mol. The van der Waals surface area contributed by atoms with E-state index in [0.29, 0.717) is 11.3 Å². The van der Waals surface area contributed by atoms with E-state index in [-0.39, 0.29) is 40.2 Å². The predicted octanol–water partition coefficient (Wildman–Crippen LogP) is 5.08. The van der Waals surface area contributed by atoms with E-state index >= 15 is 0 Å². The first-order valence-corrected chi connectivity index (χ1v) is 10.1. The summed E-state index contributed by atoms with van der Waals surface area (Å²) in [5, 5.41) is 21.6. The van der Waals surface area contributed by atoms with Gasteiger partial charge in [-0.3, -0.25) is 20.2 Å². The number of hydrogen-bond donors (Lipinski definition) is 0. The highest BCUT2D eigenvalue weighted by Gasteiger charge is 2.26. The van der Waals surface area contributed by atoms with E-state index in [9.17, 15) is 25.0 Å². The molecule has 10 nitrogen and oxygen atoms in total. The lowest BCUT2D eigenvalue weighted by Crippen LogP contribution is -2.06. The third-order valence-corrected chi connectivity index (χ3v) is 5.06. The van der Waals surface area contributed by atoms with Crippen LogP contribution in [0.3, 0.4) is 0 Å². The summed E-state index contributed by atoms with van der Waals surface area (Å²) in [5.74, 6) is -0.154. The molecule has 170 valence electrons. The molecule has 11 heteroatoms. The Hall–Kier alpha value is -4.57. The van der Waals surface area contributed by atoms with Gasteiger partial charge in [0.15, 0.2) is 5.70 Å². The molecule has 1 heterocycles. The molecule has 0 spiro atoms. The molecule has 4 rings (SSSR count). The number of benzene rings is 3. The van der Waals surface area contributed by atoms with Crippen molar-refractivity contribution in [3.05, 3.63) is 114 Å². The molecule has 1 aliphatic heterocycles.